The zero-order valence-electron chi connectivity index (χ0n) is 13.7. The highest BCUT2D eigenvalue weighted by Gasteiger charge is 2.46. The van der Waals surface area contributed by atoms with Crippen molar-refractivity contribution in [2.75, 3.05) is 11.9 Å². The van der Waals surface area contributed by atoms with E-state index in [0.717, 1.165) is 23.1 Å². The molecule has 0 saturated carbocycles. The number of ether oxygens (including phenoxy) is 1. The van der Waals surface area contributed by atoms with Crippen LogP contribution in [0.25, 0.3) is 0 Å². The zero-order valence-corrected chi connectivity index (χ0v) is 13.7. The Morgan fingerprint density at radius 1 is 1.37 bits per heavy atom. The summed E-state index contributed by atoms with van der Waals surface area (Å²) in [6, 6.07) is 3.45. The van der Waals surface area contributed by atoms with E-state index in [1.807, 2.05) is 0 Å². The van der Waals surface area contributed by atoms with Crippen LogP contribution in [0, 0.1) is 10.1 Å². The molecule has 0 saturated heterocycles. The number of hydrogen-bond donors (Lipinski definition) is 1. The van der Waals surface area contributed by atoms with E-state index in [4.69, 9.17) is 4.74 Å². The molecule has 1 aromatic heterocycles. The number of rotatable bonds is 4. The topological polar surface area (TPSA) is 112 Å². The Bertz CT molecular complexity index is 920. The molecule has 27 heavy (non-hydrogen) atoms. The van der Waals surface area contributed by atoms with Crippen LogP contribution in [0.5, 0.6) is 0 Å². The minimum Gasteiger partial charge on any atom is -0.463 e. The number of nitrogens with zero attached hydrogens (tertiary/aromatic N) is 4. The molecule has 0 aliphatic carbocycles. The highest BCUT2D eigenvalue weighted by molar-refractivity contribution is 5.92. The Balaban J connectivity index is 2.21. The molecule has 1 unspecified atom stereocenters. The molecule has 1 aliphatic rings. The van der Waals surface area contributed by atoms with Crippen molar-refractivity contribution in [2.45, 2.75) is 19.1 Å². The van der Waals surface area contributed by atoms with Crippen molar-refractivity contribution >= 4 is 17.6 Å². The molecule has 0 amide bonds. The Labute approximate surface area is 149 Å². The van der Waals surface area contributed by atoms with Crippen molar-refractivity contribution in [1.29, 1.82) is 0 Å². The molecule has 1 aliphatic heterocycles. The minimum absolute atomic E-state index is 0.134. The van der Waals surface area contributed by atoms with E-state index < -0.39 is 34.4 Å². The van der Waals surface area contributed by atoms with E-state index >= 15 is 0 Å². The maximum Gasteiger partial charge on any atom is 0.431 e. The third-order valence-electron chi connectivity index (χ3n) is 3.80. The molecule has 2 aromatic rings. The molecule has 2 heterocycles. The van der Waals surface area contributed by atoms with E-state index in [-0.39, 0.29) is 23.8 Å². The van der Waals surface area contributed by atoms with Crippen molar-refractivity contribution in [2.24, 2.45) is 0 Å². The molecule has 12 heteroatoms. The number of allylic oxidation sites excluding steroid dienone is 1. The lowest BCUT2D eigenvalue weighted by Gasteiger charge is -2.30. The van der Waals surface area contributed by atoms with Crippen LogP contribution in [-0.4, -0.2) is 38.4 Å². The van der Waals surface area contributed by atoms with Gasteiger partial charge >= 0.3 is 12.1 Å². The molecule has 1 aromatic carbocycles. The number of benzene rings is 1. The van der Waals surface area contributed by atoms with E-state index in [2.05, 4.69) is 15.4 Å². The number of carbonyl (C=O) groups excluding carboxylic acids is 1. The monoisotopic (exact) mass is 383 g/mol. The lowest BCUT2D eigenvalue weighted by Crippen LogP contribution is -2.35. The van der Waals surface area contributed by atoms with Crippen LogP contribution < -0.4 is 5.32 Å². The second-order valence-electron chi connectivity index (χ2n) is 5.41. The fourth-order valence-electron chi connectivity index (χ4n) is 2.70. The average molecular weight is 383 g/mol. The normalized spacial score (nSPS) is 16.5. The summed E-state index contributed by atoms with van der Waals surface area (Å²) >= 11 is 0. The summed E-state index contributed by atoms with van der Waals surface area (Å²) in [5.41, 5.74) is -2.09. The van der Waals surface area contributed by atoms with E-state index in [0.29, 0.717) is 0 Å². The van der Waals surface area contributed by atoms with Crippen LogP contribution in [0.3, 0.4) is 0 Å². The predicted molar refractivity (Wildman–Crippen MR) is 84.6 cm³/mol. The number of aromatic nitrogens is 3. The van der Waals surface area contributed by atoms with E-state index in [1.165, 1.54) is 19.1 Å². The molecule has 0 fully saturated rings. The number of hydrogen-bond acceptors (Lipinski definition) is 7. The summed E-state index contributed by atoms with van der Waals surface area (Å²) in [6.45, 7) is 1.33. The first-order chi connectivity index (χ1) is 12.7. The average Bonchev–Trinajstić information content (AvgIpc) is 3.08. The Hall–Kier alpha value is -3.44. The Kier molecular flexibility index (Phi) is 4.56. The highest BCUT2D eigenvalue weighted by atomic mass is 19.4. The van der Waals surface area contributed by atoms with Crippen molar-refractivity contribution in [3.05, 3.63) is 57.5 Å². The van der Waals surface area contributed by atoms with Gasteiger partial charge in [0.15, 0.2) is 0 Å². The first-order valence-electron chi connectivity index (χ1n) is 7.63. The SMILES string of the molecule is CCOC(=O)C1=C(C(F)(F)F)Nc2ncnn2C1c1ccc([N+](=O)[O-])cc1. The summed E-state index contributed by atoms with van der Waals surface area (Å²) in [4.78, 5) is 26.3. The van der Waals surface area contributed by atoms with Crippen molar-refractivity contribution in [3.63, 3.8) is 0 Å². The zero-order chi connectivity index (χ0) is 19.8. The van der Waals surface area contributed by atoms with Gasteiger partial charge in [-0.1, -0.05) is 0 Å². The van der Waals surface area contributed by atoms with Crippen LogP contribution in [0.1, 0.15) is 18.5 Å². The van der Waals surface area contributed by atoms with Crippen LogP contribution in [0.4, 0.5) is 24.8 Å². The summed E-state index contributed by atoms with van der Waals surface area (Å²) in [5.74, 6) is -1.40. The third kappa shape index (κ3) is 3.32. The number of non-ortho nitro benzene ring substituents is 1. The molecule has 1 N–H and O–H groups in total. The van der Waals surface area contributed by atoms with Gasteiger partial charge in [0.2, 0.25) is 5.95 Å². The predicted octanol–water partition coefficient (Wildman–Crippen LogP) is 2.58. The van der Waals surface area contributed by atoms with Crippen LogP contribution >= 0.6 is 0 Å². The van der Waals surface area contributed by atoms with E-state index in [1.54, 1.807) is 0 Å². The maximum absolute atomic E-state index is 13.6. The van der Waals surface area contributed by atoms with Crippen LogP contribution in [0.15, 0.2) is 41.9 Å². The molecular weight excluding hydrogens is 371 g/mol. The number of fused-ring (bicyclic) bond motifs is 1. The third-order valence-corrected chi connectivity index (χ3v) is 3.80. The number of nitrogens with one attached hydrogen (secondary N) is 1. The number of carbonyl (C=O) groups is 1. The number of alkyl halides is 3. The fraction of sp³-hybridized carbons (Fsp3) is 0.267. The Morgan fingerprint density at radius 2 is 2.04 bits per heavy atom. The quantitative estimate of drug-likeness (QED) is 0.491. The first-order valence-corrected chi connectivity index (χ1v) is 7.63. The minimum atomic E-state index is -4.89. The van der Waals surface area contributed by atoms with Gasteiger partial charge in [-0.3, -0.25) is 10.1 Å². The number of halogens is 3. The second-order valence-corrected chi connectivity index (χ2v) is 5.41. The van der Waals surface area contributed by atoms with Gasteiger partial charge in [-0.25, -0.2) is 9.48 Å². The van der Waals surface area contributed by atoms with Crippen LogP contribution in [0.2, 0.25) is 0 Å². The maximum atomic E-state index is 13.6. The van der Waals surface area contributed by atoms with Gasteiger partial charge < -0.3 is 10.1 Å². The lowest BCUT2D eigenvalue weighted by molar-refractivity contribution is -0.384. The summed E-state index contributed by atoms with van der Waals surface area (Å²) in [5, 5.41) is 16.8. The van der Waals surface area contributed by atoms with Gasteiger partial charge in [0.05, 0.1) is 17.1 Å². The van der Waals surface area contributed by atoms with Gasteiger partial charge in [0.1, 0.15) is 18.1 Å². The standard InChI is InChI=1S/C15H12F3N5O4/c1-2-27-13(24)10-11(8-3-5-9(6-4-8)23(25)26)22-14(19-7-20-22)21-12(10)15(16,17)18/h3-7,11H,2H2,1H3,(H,19,20,21). The van der Waals surface area contributed by atoms with Gasteiger partial charge in [-0.05, 0) is 24.6 Å². The van der Waals surface area contributed by atoms with Crippen molar-refractivity contribution < 1.29 is 27.6 Å². The number of nitro benzene ring substituents is 1. The van der Waals surface area contributed by atoms with Gasteiger partial charge in [0.25, 0.3) is 5.69 Å². The number of nitro groups is 1. The molecule has 3 rings (SSSR count). The highest BCUT2D eigenvalue weighted by Crippen LogP contribution is 2.41. The molecule has 0 bridgehead atoms. The smallest absolute Gasteiger partial charge is 0.431 e. The summed E-state index contributed by atoms with van der Waals surface area (Å²) in [7, 11) is 0. The second kappa shape index (κ2) is 6.70. The number of esters is 1. The lowest BCUT2D eigenvalue weighted by atomic mass is 9.95. The van der Waals surface area contributed by atoms with Gasteiger partial charge in [-0.2, -0.15) is 23.3 Å². The largest absolute Gasteiger partial charge is 0.463 e. The van der Waals surface area contributed by atoms with Gasteiger partial charge in [0, 0.05) is 12.1 Å². The Morgan fingerprint density at radius 3 is 2.59 bits per heavy atom. The fourth-order valence-corrected chi connectivity index (χ4v) is 2.70. The van der Waals surface area contributed by atoms with Gasteiger partial charge in [-0.15, -0.1) is 0 Å². The summed E-state index contributed by atoms with van der Waals surface area (Å²) in [6.07, 6.45) is -3.86. The van der Waals surface area contributed by atoms with Crippen molar-refractivity contribution in [1.82, 2.24) is 14.8 Å². The molecule has 1 atom stereocenters. The van der Waals surface area contributed by atoms with Crippen LogP contribution in [-0.2, 0) is 9.53 Å². The molecular formula is C15H12F3N5O4. The first kappa shape index (κ1) is 18.4. The van der Waals surface area contributed by atoms with Crippen molar-refractivity contribution in [3.8, 4) is 0 Å². The number of anilines is 1. The summed E-state index contributed by atoms with van der Waals surface area (Å²) < 4.78 is 46.6. The molecule has 9 nitrogen and oxygen atoms in total. The van der Waals surface area contributed by atoms with E-state index in [9.17, 15) is 28.1 Å². The molecule has 0 spiro atoms. The molecule has 142 valence electrons. The molecule has 0 radical (unpaired) electrons.